The third-order valence-corrected chi connectivity index (χ3v) is 3.19. The largest absolute Gasteiger partial charge is 0.494 e. The Morgan fingerprint density at radius 2 is 1.43 bits per heavy atom. The Hall–Kier alpha value is -2.49. The van der Waals surface area contributed by atoms with Crippen molar-refractivity contribution in [2.24, 2.45) is 0 Å². The van der Waals surface area contributed by atoms with Gasteiger partial charge in [-0.2, -0.15) is 0 Å². The maximum Gasteiger partial charge on any atom is 0.338 e. The van der Waals surface area contributed by atoms with Gasteiger partial charge in [0.15, 0.2) is 0 Å². The minimum absolute atomic E-state index is 0.211. The van der Waals surface area contributed by atoms with Gasteiger partial charge in [0.1, 0.15) is 24.7 Å². The van der Waals surface area contributed by atoms with Crippen LogP contribution in [0.3, 0.4) is 0 Å². The SMILES string of the molecule is CCCCOc1ccc(OCCOC(=O)c2ccccc2)cc1. The molecule has 0 saturated carbocycles. The monoisotopic (exact) mass is 314 g/mol. The van der Waals surface area contributed by atoms with Gasteiger partial charge in [0.05, 0.1) is 12.2 Å². The summed E-state index contributed by atoms with van der Waals surface area (Å²) in [4.78, 5) is 11.7. The standard InChI is InChI=1S/C19H22O4/c1-2-3-13-21-17-9-11-18(12-10-17)22-14-15-23-19(20)16-7-5-4-6-8-16/h4-12H,2-3,13-15H2,1H3. The van der Waals surface area contributed by atoms with Crippen molar-refractivity contribution in [2.45, 2.75) is 19.8 Å². The molecule has 0 aliphatic rings. The number of carbonyl (C=O) groups excluding carboxylic acids is 1. The summed E-state index contributed by atoms with van der Waals surface area (Å²) < 4.78 is 16.3. The zero-order valence-corrected chi connectivity index (χ0v) is 13.4. The highest BCUT2D eigenvalue weighted by Crippen LogP contribution is 2.17. The van der Waals surface area contributed by atoms with Crippen LogP contribution in [0.25, 0.3) is 0 Å². The minimum Gasteiger partial charge on any atom is -0.494 e. The van der Waals surface area contributed by atoms with Gasteiger partial charge in [0.2, 0.25) is 0 Å². The molecule has 0 aromatic heterocycles. The predicted octanol–water partition coefficient (Wildman–Crippen LogP) is 4.10. The van der Waals surface area contributed by atoms with E-state index in [0.29, 0.717) is 12.2 Å². The lowest BCUT2D eigenvalue weighted by Crippen LogP contribution is -2.12. The van der Waals surface area contributed by atoms with E-state index < -0.39 is 0 Å². The predicted molar refractivity (Wildman–Crippen MR) is 89.1 cm³/mol. The topological polar surface area (TPSA) is 44.8 Å². The molecule has 2 rings (SSSR count). The highest BCUT2D eigenvalue weighted by Gasteiger charge is 2.05. The number of rotatable bonds is 9. The second-order valence-corrected chi connectivity index (χ2v) is 5.02. The van der Waals surface area contributed by atoms with E-state index in [1.165, 1.54) is 0 Å². The van der Waals surface area contributed by atoms with Crippen LogP contribution < -0.4 is 9.47 Å². The highest BCUT2D eigenvalue weighted by molar-refractivity contribution is 5.89. The maximum atomic E-state index is 11.7. The molecule has 0 bridgehead atoms. The average molecular weight is 314 g/mol. The Balaban J connectivity index is 1.67. The zero-order chi connectivity index (χ0) is 16.3. The number of unbranched alkanes of at least 4 members (excludes halogenated alkanes) is 1. The van der Waals surface area contributed by atoms with Gasteiger partial charge in [-0.3, -0.25) is 0 Å². The molecule has 0 aliphatic heterocycles. The third-order valence-electron chi connectivity index (χ3n) is 3.19. The van der Waals surface area contributed by atoms with Gasteiger partial charge in [0, 0.05) is 0 Å². The first-order valence-corrected chi connectivity index (χ1v) is 7.87. The van der Waals surface area contributed by atoms with Gasteiger partial charge >= 0.3 is 5.97 Å². The van der Waals surface area contributed by atoms with E-state index in [4.69, 9.17) is 14.2 Å². The lowest BCUT2D eigenvalue weighted by atomic mass is 10.2. The van der Waals surface area contributed by atoms with Crippen LogP contribution in [0.2, 0.25) is 0 Å². The Bertz CT molecular complexity index is 578. The molecule has 0 fully saturated rings. The first-order valence-electron chi connectivity index (χ1n) is 7.87. The second-order valence-electron chi connectivity index (χ2n) is 5.02. The minimum atomic E-state index is -0.339. The number of hydrogen-bond acceptors (Lipinski definition) is 4. The zero-order valence-electron chi connectivity index (χ0n) is 13.4. The van der Waals surface area contributed by atoms with Crippen molar-refractivity contribution in [1.82, 2.24) is 0 Å². The molecule has 0 atom stereocenters. The molecule has 0 N–H and O–H groups in total. The van der Waals surface area contributed by atoms with Gasteiger partial charge in [-0.05, 0) is 42.8 Å². The van der Waals surface area contributed by atoms with Crippen molar-refractivity contribution >= 4 is 5.97 Å². The molecule has 0 amide bonds. The first kappa shape index (κ1) is 16.9. The number of carbonyl (C=O) groups is 1. The van der Waals surface area contributed by atoms with Crippen LogP contribution in [-0.2, 0) is 4.74 Å². The number of ether oxygens (including phenoxy) is 3. The van der Waals surface area contributed by atoms with Crippen LogP contribution in [0.4, 0.5) is 0 Å². The van der Waals surface area contributed by atoms with Crippen molar-refractivity contribution in [3.63, 3.8) is 0 Å². The molecule has 0 saturated heterocycles. The summed E-state index contributed by atoms with van der Waals surface area (Å²) in [6.07, 6.45) is 2.16. The van der Waals surface area contributed by atoms with Crippen LogP contribution in [0.5, 0.6) is 11.5 Å². The van der Waals surface area contributed by atoms with Crippen LogP contribution in [0, 0.1) is 0 Å². The van der Waals surface area contributed by atoms with E-state index in [-0.39, 0.29) is 12.6 Å². The van der Waals surface area contributed by atoms with Gasteiger partial charge in [-0.15, -0.1) is 0 Å². The van der Waals surface area contributed by atoms with E-state index in [9.17, 15) is 4.79 Å². The second kappa shape index (κ2) is 9.51. The first-order chi connectivity index (χ1) is 11.3. The molecule has 23 heavy (non-hydrogen) atoms. The molecular formula is C19H22O4. The fourth-order valence-corrected chi connectivity index (χ4v) is 1.92. The molecule has 2 aromatic carbocycles. The van der Waals surface area contributed by atoms with Gasteiger partial charge in [0.25, 0.3) is 0 Å². The van der Waals surface area contributed by atoms with Crippen LogP contribution >= 0.6 is 0 Å². The Morgan fingerprint density at radius 1 is 0.826 bits per heavy atom. The van der Waals surface area contributed by atoms with E-state index in [2.05, 4.69) is 6.92 Å². The molecule has 0 spiro atoms. The van der Waals surface area contributed by atoms with Gasteiger partial charge in [-0.1, -0.05) is 31.5 Å². The Labute approximate surface area is 137 Å². The van der Waals surface area contributed by atoms with E-state index in [1.54, 1.807) is 24.3 Å². The van der Waals surface area contributed by atoms with E-state index in [1.807, 2.05) is 30.3 Å². The fraction of sp³-hybridized carbons (Fsp3) is 0.316. The molecule has 4 heteroatoms. The van der Waals surface area contributed by atoms with Crippen molar-refractivity contribution < 1.29 is 19.0 Å². The lowest BCUT2D eigenvalue weighted by Gasteiger charge is -2.09. The maximum absolute atomic E-state index is 11.7. The smallest absolute Gasteiger partial charge is 0.338 e. The average Bonchev–Trinajstić information content (AvgIpc) is 2.61. The van der Waals surface area contributed by atoms with Crippen LogP contribution in [0.15, 0.2) is 54.6 Å². The molecule has 0 radical (unpaired) electrons. The summed E-state index contributed by atoms with van der Waals surface area (Å²) in [6.45, 7) is 3.38. The van der Waals surface area contributed by atoms with E-state index >= 15 is 0 Å². The summed E-state index contributed by atoms with van der Waals surface area (Å²) in [5.41, 5.74) is 0.543. The quantitative estimate of drug-likeness (QED) is 0.516. The summed E-state index contributed by atoms with van der Waals surface area (Å²) in [5.74, 6) is 1.22. The number of hydrogen-bond donors (Lipinski definition) is 0. The molecule has 0 aliphatic carbocycles. The van der Waals surface area contributed by atoms with Gasteiger partial charge < -0.3 is 14.2 Å². The summed E-state index contributed by atoms with van der Waals surface area (Å²) >= 11 is 0. The Morgan fingerprint density at radius 3 is 2.04 bits per heavy atom. The fourth-order valence-electron chi connectivity index (χ4n) is 1.92. The van der Waals surface area contributed by atoms with Crippen LogP contribution in [-0.4, -0.2) is 25.8 Å². The summed E-state index contributed by atoms with van der Waals surface area (Å²) in [6, 6.07) is 16.4. The molecular weight excluding hydrogens is 292 g/mol. The van der Waals surface area contributed by atoms with Crippen molar-refractivity contribution in [2.75, 3.05) is 19.8 Å². The van der Waals surface area contributed by atoms with Crippen molar-refractivity contribution in [3.05, 3.63) is 60.2 Å². The molecule has 2 aromatic rings. The molecule has 0 heterocycles. The van der Waals surface area contributed by atoms with E-state index in [0.717, 1.165) is 30.9 Å². The normalized spacial score (nSPS) is 10.1. The Kier molecular flexibility index (Phi) is 6.98. The lowest BCUT2D eigenvalue weighted by molar-refractivity contribution is 0.0450. The van der Waals surface area contributed by atoms with Crippen molar-refractivity contribution in [3.8, 4) is 11.5 Å². The van der Waals surface area contributed by atoms with Crippen LogP contribution in [0.1, 0.15) is 30.1 Å². The highest BCUT2D eigenvalue weighted by atomic mass is 16.6. The summed E-state index contributed by atoms with van der Waals surface area (Å²) in [7, 11) is 0. The van der Waals surface area contributed by atoms with Crippen molar-refractivity contribution in [1.29, 1.82) is 0 Å². The van der Waals surface area contributed by atoms with Gasteiger partial charge in [-0.25, -0.2) is 4.79 Å². The summed E-state index contributed by atoms with van der Waals surface area (Å²) in [5, 5.41) is 0. The number of esters is 1. The molecule has 0 unspecified atom stereocenters. The number of benzene rings is 2. The molecule has 4 nitrogen and oxygen atoms in total. The third kappa shape index (κ3) is 6.02. The molecule has 122 valence electrons.